The SMILES string of the molecule is CN=C(NCc1cccc(OCC(=O)N(C)C)c1)NCC1(CCOC)CCCC1. The Kier molecular flexibility index (Phi) is 9.25. The minimum atomic E-state index is -0.0626. The third kappa shape index (κ3) is 7.57. The molecular weight excluding hydrogens is 368 g/mol. The summed E-state index contributed by atoms with van der Waals surface area (Å²) in [7, 11) is 6.99. The van der Waals surface area contributed by atoms with E-state index in [1.54, 1.807) is 28.3 Å². The Morgan fingerprint density at radius 3 is 2.66 bits per heavy atom. The number of nitrogens with one attached hydrogen (secondary N) is 2. The van der Waals surface area contributed by atoms with Crippen molar-refractivity contribution in [1.82, 2.24) is 15.5 Å². The lowest BCUT2D eigenvalue weighted by Gasteiger charge is -2.30. The lowest BCUT2D eigenvalue weighted by atomic mass is 9.83. The zero-order valence-electron chi connectivity index (χ0n) is 18.3. The van der Waals surface area contributed by atoms with Crippen LogP contribution in [0.2, 0.25) is 0 Å². The van der Waals surface area contributed by atoms with Crippen molar-refractivity contribution < 1.29 is 14.3 Å². The Hall–Kier alpha value is -2.28. The second-order valence-electron chi connectivity index (χ2n) is 7.95. The highest BCUT2D eigenvalue weighted by molar-refractivity contribution is 5.79. The van der Waals surface area contributed by atoms with Crippen molar-refractivity contribution in [3.05, 3.63) is 29.8 Å². The third-order valence-electron chi connectivity index (χ3n) is 5.57. The van der Waals surface area contributed by atoms with Crippen molar-refractivity contribution in [2.24, 2.45) is 10.4 Å². The van der Waals surface area contributed by atoms with E-state index < -0.39 is 0 Å². The number of ether oxygens (including phenoxy) is 2. The molecule has 1 fully saturated rings. The van der Waals surface area contributed by atoms with Crippen LogP contribution in [0.15, 0.2) is 29.3 Å². The summed E-state index contributed by atoms with van der Waals surface area (Å²) < 4.78 is 10.9. The molecule has 7 nitrogen and oxygen atoms in total. The zero-order chi connectivity index (χ0) is 21.1. The van der Waals surface area contributed by atoms with Crippen LogP contribution in [-0.2, 0) is 16.1 Å². The van der Waals surface area contributed by atoms with Crippen LogP contribution in [0.5, 0.6) is 5.75 Å². The molecule has 0 aliphatic heterocycles. The van der Waals surface area contributed by atoms with Gasteiger partial charge in [0, 0.05) is 47.9 Å². The van der Waals surface area contributed by atoms with Crippen molar-refractivity contribution >= 4 is 11.9 Å². The monoisotopic (exact) mass is 404 g/mol. The number of aliphatic imine (C=N–C) groups is 1. The topological polar surface area (TPSA) is 75.2 Å². The van der Waals surface area contributed by atoms with Crippen molar-refractivity contribution in [3.63, 3.8) is 0 Å². The molecule has 29 heavy (non-hydrogen) atoms. The van der Waals surface area contributed by atoms with E-state index in [9.17, 15) is 4.79 Å². The molecule has 1 amide bonds. The molecule has 0 radical (unpaired) electrons. The molecule has 2 N–H and O–H groups in total. The normalized spacial score (nSPS) is 15.8. The molecule has 162 valence electrons. The minimum Gasteiger partial charge on any atom is -0.484 e. The van der Waals surface area contributed by atoms with Gasteiger partial charge in [-0.15, -0.1) is 0 Å². The van der Waals surface area contributed by atoms with E-state index in [4.69, 9.17) is 9.47 Å². The van der Waals surface area contributed by atoms with Crippen LogP contribution in [0.25, 0.3) is 0 Å². The lowest BCUT2D eigenvalue weighted by molar-refractivity contribution is -0.130. The van der Waals surface area contributed by atoms with Crippen LogP contribution < -0.4 is 15.4 Å². The van der Waals surface area contributed by atoms with Gasteiger partial charge in [-0.25, -0.2) is 0 Å². The quantitative estimate of drug-likeness (QED) is 0.463. The molecule has 0 heterocycles. The Morgan fingerprint density at radius 1 is 1.24 bits per heavy atom. The van der Waals surface area contributed by atoms with E-state index in [1.807, 2.05) is 24.3 Å². The standard InChI is InChI=1S/C22H36N4O3/c1-23-21(25-17-22(12-13-28-4)10-5-6-11-22)24-15-18-8-7-9-19(14-18)29-16-20(27)26(2)3/h7-9,14H,5-6,10-13,15-17H2,1-4H3,(H2,23,24,25). The summed E-state index contributed by atoms with van der Waals surface area (Å²) >= 11 is 0. The Morgan fingerprint density at radius 2 is 2.00 bits per heavy atom. The van der Waals surface area contributed by atoms with Crippen molar-refractivity contribution in [1.29, 1.82) is 0 Å². The summed E-state index contributed by atoms with van der Waals surface area (Å²) in [5.74, 6) is 1.42. The van der Waals surface area contributed by atoms with Gasteiger partial charge in [0.1, 0.15) is 5.75 Å². The highest BCUT2D eigenvalue weighted by Crippen LogP contribution is 2.40. The van der Waals surface area contributed by atoms with Crippen LogP contribution in [0.3, 0.4) is 0 Å². The Bertz CT molecular complexity index is 670. The number of amides is 1. The number of carbonyl (C=O) groups excluding carboxylic acids is 1. The van der Waals surface area contributed by atoms with E-state index in [0.29, 0.717) is 17.7 Å². The summed E-state index contributed by atoms with van der Waals surface area (Å²) in [5, 5.41) is 6.87. The number of benzene rings is 1. The molecule has 1 aliphatic carbocycles. The van der Waals surface area contributed by atoms with E-state index in [0.717, 1.165) is 31.1 Å². The fourth-order valence-electron chi connectivity index (χ4n) is 3.66. The molecule has 0 bridgehead atoms. The van der Waals surface area contributed by atoms with Gasteiger partial charge in [-0.2, -0.15) is 0 Å². The first-order chi connectivity index (χ1) is 14.0. The molecule has 1 aromatic carbocycles. The van der Waals surface area contributed by atoms with Gasteiger partial charge in [0.25, 0.3) is 5.91 Å². The lowest BCUT2D eigenvalue weighted by Crippen LogP contribution is -2.43. The van der Waals surface area contributed by atoms with Gasteiger partial charge in [-0.1, -0.05) is 25.0 Å². The summed E-state index contributed by atoms with van der Waals surface area (Å²) in [5.41, 5.74) is 1.37. The summed E-state index contributed by atoms with van der Waals surface area (Å²) in [6, 6.07) is 7.76. The van der Waals surface area contributed by atoms with Crippen molar-refractivity contribution in [3.8, 4) is 5.75 Å². The fraction of sp³-hybridized carbons (Fsp3) is 0.636. The predicted molar refractivity (Wildman–Crippen MR) is 116 cm³/mol. The molecule has 0 spiro atoms. The predicted octanol–water partition coefficient (Wildman–Crippen LogP) is 2.42. The summed E-state index contributed by atoms with van der Waals surface area (Å²) in [4.78, 5) is 17.6. The average molecular weight is 405 g/mol. The summed E-state index contributed by atoms with van der Waals surface area (Å²) in [6.07, 6.45) is 6.15. The molecule has 0 aromatic heterocycles. The van der Waals surface area contributed by atoms with Gasteiger partial charge in [0.15, 0.2) is 12.6 Å². The highest BCUT2D eigenvalue weighted by Gasteiger charge is 2.33. The fourth-order valence-corrected chi connectivity index (χ4v) is 3.66. The maximum atomic E-state index is 11.7. The van der Waals surface area contributed by atoms with Crippen molar-refractivity contribution in [2.45, 2.75) is 38.6 Å². The smallest absolute Gasteiger partial charge is 0.259 e. The van der Waals surface area contributed by atoms with Crippen LogP contribution >= 0.6 is 0 Å². The molecule has 0 unspecified atom stereocenters. The van der Waals surface area contributed by atoms with Crippen LogP contribution in [0.4, 0.5) is 0 Å². The number of hydrogen-bond acceptors (Lipinski definition) is 4. The van der Waals surface area contributed by atoms with E-state index in [2.05, 4.69) is 15.6 Å². The highest BCUT2D eigenvalue weighted by atomic mass is 16.5. The van der Waals surface area contributed by atoms with Gasteiger partial charge < -0.3 is 25.0 Å². The first kappa shape index (κ1) is 23.0. The van der Waals surface area contributed by atoms with Gasteiger partial charge in [-0.3, -0.25) is 9.79 Å². The van der Waals surface area contributed by atoms with Gasteiger partial charge in [0.05, 0.1) is 0 Å². The van der Waals surface area contributed by atoms with Crippen LogP contribution in [0.1, 0.15) is 37.7 Å². The maximum absolute atomic E-state index is 11.7. The van der Waals surface area contributed by atoms with Crippen LogP contribution in [-0.4, -0.2) is 64.8 Å². The molecule has 7 heteroatoms. The number of methoxy groups -OCH3 is 1. The second kappa shape index (κ2) is 11.7. The minimum absolute atomic E-state index is 0.0384. The molecule has 2 rings (SSSR count). The van der Waals surface area contributed by atoms with Gasteiger partial charge >= 0.3 is 0 Å². The maximum Gasteiger partial charge on any atom is 0.259 e. The number of carbonyl (C=O) groups is 1. The number of nitrogens with zero attached hydrogens (tertiary/aromatic N) is 2. The third-order valence-corrected chi connectivity index (χ3v) is 5.57. The Labute approximate surface area is 174 Å². The first-order valence-corrected chi connectivity index (χ1v) is 10.3. The molecular formula is C22H36N4O3. The molecule has 0 atom stereocenters. The number of likely N-dealkylation sites (N-methyl/N-ethyl adjacent to an activating group) is 1. The largest absolute Gasteiger partial charge is 0.484 e. The second-order valence-corrected chi connectivity index (χ2v) is 7.95. The Balaban J connectivity index is 1.84. The molecule has 1 saturated carbocycles. The number of rotatable bonds is 10. The van der Waals surface area contributed by atoms with Crippen molar-refractivity contribution in [2.75, 3.05) is 48.0 Å². The number of guanidine groups is 1. The molecule has 1 aliphatic rings. The van der Waals surface area contributed by atoms with Crippen LogP contribution in [0, 0.1) is 5.41 Å². The first-order valence-electron chi connectivity index (χ1n) is 10.3. The zero-order valence-corrected chi connectivity index (χ0v) is 18.3. The number of hydrogen-bond donors (Lipinski definition) is 2. The molecule has 0 saturated heterocycles. The van der Waals surface area contributed by atoms with E-state index in [1.165, 1.54) is 30.6 Å². The van der Waals surface area contributed by atoms with Gasteiger partial charge in [0.2, 0.25) is 0 Å². The average Bonchev–Trinajstić information content (AvgIpc) is 3.20. The summed E-state index contributed by atoms with van der Waals surface area (Å²) in [6.45, 7) is 2.38. The van der Waals surface area contributed by atoms with E-state index >= 15 is 0 Å². The molecule has 1 aromatic rings. The van der Waals surface area contributed by atoms with E-state index in [-0.39, 0.29) is 12.5 Å². The van der Waals surface area contributed by atoms with Gasteiger partial charge in [-0.05, 0) is 42.4 Å².